The van der Waals surface area contributed by atoms with E-state index in [0.29, 0.717) is 22.7 Å². The SMILES string of the molecule is Cc1ncccc1NS(=O)(=O)c1ccc(C(=O)O)s1. The van der Waals surface area contributed by atoms with E-state index in [4.69, 9.17) is 5.11 Å². The number of aromatic carboxylic acids is 1. The molecule has 0 aliphatic carbocycles. The molecule has 2 aromatic heterocycles. The number of anilines is 1. The van der Waals surface area contributed by atoms with Gasteiger partial charge in [-0.3, -0.25) is 9.71 Å². The van der Waals surface area contributed by atoms with Crippen LogP contribution in [0.1, 0.15) is 15.4 Å². The standard InChI is InChI=1S/C11H10N2O4S2/c1-7-8(3-2-6-12-7)13-19(16,17)10-5-4-9(18-10)11(14)15/h2-6,13H,1H3,(H,14,15). The molecule has 2 rings (SSSR count). The number of carbonyl (C=O) groups is 1. The Kier molecular flexibility index (Phi) is 3.54. The molecule has 0 spiro atoms. The smallest absolute Gasteiger partial charge is 0.345 e. The fourth-order valence-electron chi connectivity index (χ4n) is 1.37. The molecule has 100 valence electrons. The first-order valence-corrected chi connectivity index (χ1v) is 7.48. The molecular formula is C11H10N2O4S2. The molecule has 0 fully saturated rings. The van der Waals surface area contributed by atoms with E-state index in [1.54, 1.807) is 25.3 Å². The van der Waals surface area contributed by atoms with E-state index in [-0.39, 0.29) is 9.09 Å². The first kappa shape index (κ1) is 13.5. The third-order valence-corrected chi connectivity index (χ3v) is 5.24. The first-order valence-electron chi connectivity index (χ1n) is 5.18. The molecule has 0 bridgehead atoms. The summed E-state index contributed by atoms with van der Waals surface area (Å²) in [6, 6.07) is 5.73. The van der Waals surface area contributed by atoms with Crippen molar-refractivity contribution in [2.24, 2.45) is 0 Å². The van der Waals surface area contributed by atoms with Crippen LogP contribution in [0, 0.1) is 6.92 Å². The minimum Gasteiger partial charge on any atom is -0.477 e. The lowest BCUT2D eigenvalue weighted by Crippen LogP contribution is -2.12. The number of pyridine rings is 1. The summed E-state index contributed by atoms with van der Waals surface area (Å²) >= 11 is 0.703. The second kappa shape index (κ2) is 4.98. The predicted octanol–water partition coefficient (Wildman–Crippen LogP) is 1.95. The van der Waals surface area contributed by atoms with Crippen LogP contribution in [-0.2, 0) is 10.0 Å². The Morgan fingerprint density at radius 3 is 2.68 bits per heavy atom. The van der Waals surface area contributed by atoms with Gasteiger partial charge in [0.2, 0.25) is 0 Å². The Balaban J connectivity index is 2.32. The minimum absolute atomic E-state index is 0.0247. The zero-order valence-corrected chi connectivity index (χ0v) is 11.5. The molecule has 2 aromatic rings. The highest BCUT2D eigenvalue weighted by atomic mass is 32.2. The van der Waals surface area contributed by atoms with Crippen molar-refractivity contribution >= 4 is 33.0 Å². The lowest BCUT2D eigenvalue weighted by atomic mass is 10.3. The molecule has 0 unspecified atom stereocenters. The molecule has 0 radical (unpaired) electrons. The Labute approximate surface area is 113 Å². The summed E-state index contributed by atoms with van der Waals surface area (Å²) in [6.07, 6.45) is 1.56. The van der Waals surface area contributed by atoms with E-state index in [2.05, 4.69) is 9.71 Å². The van der Waals surface area contributed by atoms with Crippen molar-refractivity contribution in [2.45, 2.75) is 11.1 Å². The van der Waals surface area contributed by atoms with Gasteiger partial charge in [-0.1, -0.05) is 0 Å². The van der Waals surface area contributed by atoms with E-state index >= 15 is 0 Å². The van der Waals surface area contributed by atoms with Crippen LogP contribution in [0.2, 0.25) is 0 Å². The van der Waals surface area contributed by atoms with Gasteiger partial charge in [0.1, 0.15) is 9.09 Å². The molecule has 6 nitrogen and oxygen atoms in total. The average Bonchev–Trinajstić information content (AvgIpc) is 2.82. The fraction of sp³-hybridized carbons (Fsp3) is 0.0909. The summed E-state index contributed by atoms with van der Waals surface area (Å²) < 4.78 is 26.5. The van der Waals surface area contributed by atoms with Gasteiger partial charge in [0.25, 0.3) is 10.0 Å². The van der Waals surface area contributed by atoms with Crippen molar-refractivity contribution in [1.29, 1.82) is 0 Å². The molecule has 0 saturated heterocycles. The van der Waals surface area contributed by atoms with Gasteiger partial charge in [-0.15, -0.1) is 11.3 Å². The van der Waals surface area contributed by atoms with E-state index in [0.717, 1.165) is 0 Å². The van der Waals surface area contributed by atoms with Crippen molar-refractivity contribution in [3.8, 4) is 0 Å². The number of hydrogen-bond acceptors (Lipinski definition) is 5. The Morgan fingerprint density at radius 1 is 1.37 bits per heavy atom. The summed E-state index contributed by atoms with van der Waals surface area (Å²) in [4.78, 5) is 14.7. The number of aryl methyl sites for hydroxylation is 1. The highest BCUT2D eigenvalue weighted by Crippen LogP contribution is 2.24. The molecule has 0 aliphatic heterocycles. The maximum atomic E-state index is 12.1. The van der Waals surface area contributed by atoms with Gasteiger partial charge in [-0.25, -0.2) is 13.2 Å². The molecule has 19 heavy (non-hydrogen) atoms. The monoisotopic (exact) mass is 298 g/mol. The van der Waals surface area contributed by atoms with E-state index in [9.17, 15) is 13.2 Å². The molecule has 0 amide bonds. The van der Waals surface area contributed by atoms with Gasteiger partial charge in [0.15, 0.2) is 0 Å². The van der Waals surface area contributed by atoms with Crippen LogP contribution in [0.5, 0.6) is 0 Å². The van der Waals surface area contributed by atoms with Gasteiger partial charge >= 0.3 is 5.97 Å². The van der Waals surface area contributed by atoms with Crippen LogP contribution in [0.25, 0.3) is 0 Å². The first-order chi connectivity index (χ1) is 8.90. The minimum atomic E-state index is -3.78. The van der Waals surface area contributed by atoms with Crippen LogP contribution in [-0.4, -0.2) is 24.5 Å². The Bertz CT molecular complexity index is 722. The van der Waals surface area contributed by atoms with Crippen molar-refractivity contribution in [3.63, 3.8) is 0 Å². The number of thiophene rings is 1. The normalized spacial score (nSPS) is 11.2. The van der Waals surface area contributed by atoms with Gasteiger partial charge in [0.05, 0.1) is 11.4 Å². The lowest BCUT2D eigenvalue weighted by molar-refractivity contribution is 0.0702. The number of hydrogen-bond donors (Lipinski definition) is 2. The van der Waals surface area contributed by atoms with Crippen LogP contribution < -0.4 is 4.72 Å². The summed E-state index contributed by atoms with van der Waals surface area (Å²) in [7, 11) is -3.78. The summed E-state index contributed by atoms with van der Waals surface area (Å²) in [5.41, 5.74) is 0.911. The van der Waals surface area contributed by atoms with Crippen molar-refractivity contribution in [2.75, 3.05) is 4.72 Å². The highest BCUT2D eigenvalue weighted by molar-refractivity contribution is 7.94. The average molecular weight is 298 g/mol. The van der Waals surface area contributed by atoms with Crippen LogP contribution in [0.3, 0.4) is 0 Å². The third-order valence-electron chi connectivity index (χ3n) is 2.31. The van der Waals surface area contributed by atoms with Gasteiger partial charge in [0, 0.05) is 6.20 Å². The molecule has 2 heterocycles. The number of nitrogens with zero attached hydrogens (tertiary/aromatic N) is 1. The van der Waals surface area contributed by atoms with Crippen LogP contribution >= 0.6 is 11.3 Å². The van der Waals surface area contributed by atoms with E-state index in [1.165, 1.54) is 12.1 Å². The quantitative estimate of drug-likeness (QED) is 0.899. The number of carboxylic acid groups (broad SMARTS) is 1. The zero-order chi connectivity index (χ0) is 14.0. The topological polar surface area (TPSA) is 96.4 Å². The van der Waals surface area contributed by atoms with Crippen molar-refractivity contribution < 1.29 is 18.3 Å². The predicted molar refractivity (Wildman–Crippen MR) is 71.1 cm³/mol. The summed E-state index contributed by atoms with van der Waals surface area (Å²) in [5, 5.41) is 8.78. The molecule has 0 aromatic carbocycles. The molecule has 0 atom stereocenters. The van der Waals surface area contributed by atoms with Crippen molar-refractivity contribution in [1.82, 2.24) is 4.98 Å². The number of carboxylic acids is 1. The lowest BCUT2D eigenvalue weighted by Gasteiger charge is -2.07. The number of aromatic nitrogens is 1. The van der Waals surface area contributed by atoms with E-state index < -0.39 is 16.0 Å². The maximum absolute atomic E-state index is 12.1. The van der Waals surface area contributed by atoms with Gasteiger partial charge in [-0.05, 0) is 31.2 Å². The zero-order valence-electron chi connectivity index (χ0n) is 9.82. The molecule has 0 saturated carbocycles. The molecule has 0 aliphatic rings. The van der Waals surface area contributed by atoms with Gasteiger partial charge in [-0.2, -0.15) is 0 Å². The second-order valence-electron chi connectivity index (χ2n) is 3.67. The second-order valence-corrected chi connectivity index (χ2v) is 6.66. The van der Waals surface area contributed by atoms with Crippen LogP contribution in [0.15, 0.2) is 34.7 Å². The molecule has 8 heteroatoms. The number of sulfonamides is 1. The summed E-state index contributed by atoms with van der Waals surface area (Å²) in [5.74, 6) is -1.15. The number of rotatable bonds is 4. The van der Waals surface area contributed by atoms with Crippen LogP contribution in [0.4, 0.5) is 5.69 Å². The number of nitrogens with one attached hydrogen (secondary N) is 1. The fourth-order valence-corrected chi connectivity index (χ4v) is 3.63. The Morgan fingerprint density at radius 2 is 2.11 bits per heavy atom. The molecular weight excluding hydrogens is 288 g/mol. The highest BCUT2D eigenvalue weighted by Gasteiger charge is 2.19. The molecule has 2 N–H and O–H groups in total. The Hall–Kier alpha value is -1.93. The largest absolute Gasteiger partial charge is 0.477 e. The maximum Gasteiger partial charge on any atom is 0.345 e. The summed E-state index contributed by atoms with van der Waals surface area (Å²) in [6.45, 7) is 1.68. The van der Waals surface area contributed by atoms with Crippen molar-refractivity contribution in [3.05, 3.63) is 41.0 Å². The third kappa shape index (κ3) is 2.91. The van der Waals surface area contributed by atoms with E-state index in [1.807, 2.05) is 0 Å². The van der Waals surface area contributed by atoms with Gasteiger partial charge < -0.3 is 5.11 Å².